The van der Waals surface area contributed by atoms with E-state index < -0.39 is 0 Å². The zero-order valence-corrected chi connectivity index (χ0v) is 11.9. The van der Waals surface area contributed by atoms with Crippen LogP contribution in [0.5, 0.6) is 0 Å². The molecule has 0 saturated heterocycles. The zero-order valence-electron chi connectivity index (χ0n) is 11.9. The minimum atomic E-state index is -0.183. The van der Waals surface area contributed by atoms with E-state index in [4.69, 9.17) is 0 Å². The molecule has 2 aromatic carbocycles. The van der Waals surface area contributed by atoms with E-state index in [1.165, 1.54) is 22.8 Å². The Bertz CT molecular complexity index is 570. The molecule has 0 aliphatic carbocycles. The number of hydrogen-bond donors (Lipinski definition) is 1. The first-order valence-corrected chi connectivity index (χ1v) is 6.54. The highest BCUT2D eigenvalue weighted by atomic mass is 19.1. The summed E-state index contributed by atoms with van der Waals surface area (Å²) in [5, 5.41) is 3.35. The number of halogens is 1. The van der Waals surface area contributed by atoms with Crippen molar-refractivity contribution in [1.82, 2.24) is 5.32 Å². The second-order valence-electron chi connectivity index (χ2n) is 5.03. The van der Waals surface area contributed by atoms with Gasteiger partial charge in [-0.25, -0.2) is 4.39 Å². The van der Waals surface area contributed by atoms with Gasteiger partial charge in [-0.15, -0.1) is 0 Å². The van der Waals surface area contributed by atoms with Crippen molar-refractivity contribution in [3.8, 4) is 0 Å². The summed E-state index contributed by atoms with van der Waals surface area (Å²) in [7, 11) is 1.94. The number of rotatable bonds is 3. The lowest BCUT2D eigenvalue weighted by Gasteiger charge is -2.23. The van der Waals surface area contributed by atoms with Crippen molar-refractivity contribution < 1.29 is 4.39 Å². The highest BCUT2D eigenvalue weighted by Crippen LogP contribution is 2.29. The Hall–Kier alpha value is -1.67. The average molecular weight is 257 g/mol. The monoisotopic (exact) mass is 257 g/mol. The molecule has 2 heteroatoms. The van der Waals surface area contributed by atoms with Crippen LogP contribution in [0.1, 0.15) is 33.9 Å². The van der Waals surface area contributed by atoms with Gasteiger partial charge in [0.15, 0.2) is 0 Å². The molecule has 1 atom stereocenters. The Morgan fingerprint density at radius 1 is 0.947 bits per heavy atom. The van der Waals surface area contributed by atoms with E-state index in [1.807, 2.05) is 20.0 Å². The highest BCUT2D eigenvalue weighted by molar-refractivity contribution is 5.44. The summed E-state index contributed by atoms with van der Waals surface area (Å²) < 4.78 is 13.3. The molecule has 0 fully saturated rings. The molecule has 0 heterocycles. The molecule has 19 heavy (non-hydrogen) atoms. The van der Waals surface area contributed by atoms with Gasteiger partial charge in [-0.05, 0) is 67.8 Å². The van der Waals surface area contributed by atoms with Crippen LogP contribution in [0.4, 0.5) is 4.39 Å². The molecule has 0 spiro atoms. The first-order valence-electron chi connectivity index (χ1n) is 6.54. The van der Waals surface area contributed by atoms with Gasteiger partial charge in [0.25, 0.3) is 0 Å². The van der Waals surface area contributed by atoms with Gasteiger partial charge >= 0.3 is 0 Å². The molecule has 2 rings (SSSR count). The fourth-order valence-corrected chi connectivity index (χ4v) is 2.70. The maximum Gasteiger partial charge on any atom is 0.123 e. The van der Waals surface area contributed by atoms with Crippen LogP contribution in [0, 0.1) is 26.6 Å². The predicted molar refractivity (Wildman–Crippen MR) is 78.0 cm³/mol. The molecule has 0 radical (unpaired) electrons. The molecule has 1 unspecified atom stereocenters. The summed E-state index contributed by atoms with van der Waals surface area (Å²) in [4.78, 5) is 0. The largest absolute Gasteiger partial charge is 0.309 e. The standard InChI is InChI=1S/C17H20FN/c1-11-6-5-7-12(2)16(11)17(19-4)15-9-8-14(18)10-13(15)3/h5-10,17,19H,1-4H3. The quantitative estimate of drug-likeness (QED) is 0.874. The lowest BCUT2D eigenvalue weighted by Crippen LogP contribution is -2.20. The van der Waals surface area contributed by atoms with Crippen LogP contribution in [-0.4, -0.2) is 7.05 Å². The van der Waals surface area contributed by atoms with Crippen LogP contribution in [0.15, 0.2) is 36.4 Å². The third-order valence-corrected chi connectivity index (χ3v) is 3.66. The highest BCUT2D eigenvalue weighted by Gasteiger charge is 2.18. The van der Waals surface area contributed by atoms with Crippen molar-refractivity contribution in [2.45, 2.75) is 26.8 Å². The Balaban J connectivity index is 2.56. The molecule has 0 saturated carbocycles. The molecular weight excluding hydrogens is 237 g/mol. The van der Waals surface area contributed by atoms with Gasteiger partial charge in [0, 0.05) is 0 Å². The lowest BCUT2D eigenvalue weighted by atomic mass is 9.89. The van der Waals surface area contributed by atoms with Crippen LogP contribution < -0.4 is 5.32 Å². The normalized spacial score (nSPS) is 12.5. The van der Waals surface area contributed by atoms with E-state index in [-0.39, 0.29) is 11.9 Å². The fraction of sp³-hybridized carbons (Fsp3) is 0.294. The van der Waals surface area contributed by atoms with Gasteiger partial charge in [0.2, 0.25) is 0 Å². The van der Waals surface area contributed by atoms with Crippen molar-refractivity contribution in [2.75, 3.05) is 7.05 Å². The van der Waals surface area contributed by atoms with Crippen LogP contribution in [0.25, 0.3) is 0 Å². The summed E-state index contributed by atoms with van der Waals surface area (Å²) >= 11 is 0. The molecule has 0 aromatic heterocycles. The minimum absolute atomic E-state index is 0.0989. The number of benzene rings is 2. The zero-order chi connectivity index (χ0) is 14.0. The predicted octanol–water partition coefficient (Wildman–Crippen LogP) is 4.06. The molecular formula is C17H20FN. The fourth-order valence-electron chi connectivity index (χ4n) is 2.70. The summed E-state index contributed by atoms with van der Waals surface area (Å²) in [6.45, 7) is 6.19. The van der Waals surface area contributed by atoms with Crippen molar-refractivity contribution >= 4 is 0 Å². The maximum absolute atomic E-state index is 13.3. The number of hydrogen-bond acceptors (Lipinski definition) is 1. The number of nitrogens with one attached hydrogen (secondary N) is 1. The van der Waals surface area contributed by atoms with Crippen molar-refractivity contribution in [3.63, 3.8) is 0 Å². The van der Waals surface area contributed by atoms with E-state index in [9.17, 15) is 4.39 Å². The molecule has 0 bridgehead atoms. The van der Waals surface area contributed by atoms with Crippen molar-refractivity contribution in [2.24, 2.45) is 0 Å². The smallest absolute Gasteiger partial charge is 0.123 e. The summed E-state index contributed by atoms with van der Waals surface area (Å²) in [6.07, 6.45) is 0. The molecule has 1 N–H and O–H groups in total. The molecule has 0 aliphatic heterocycles. The Morgan fingerprint density at radius 2 is 1.58 bits per heavy atom. The molecule has 0 amide bonds. The molecule has 2 aromatic rings. The van der Waals surface area contributed by atoms with Crippen molar-refractivity contribution in [1.29, 1.82) is 0 Å². The van der Waals surface area contributed by atoms with Crippen LogP contribution in [0.2, 0.25) is 0 Å². The third-order valence-electron chi connectivity index (χ3n) is 3.66. The average Bonchev–Trinajstić information content (AvgIpc) is 2.35. The van der Waals surface area contributed by atoms with Gasteiger partial charge in [0.1, 0.15) is 5.82 Å². The van der Waals surface area contributed by atoms with Crippen LogP contribution in [0.3, 0.4) is 0 Å². The van der Waals surface area contributed by atoms with Gasteiger partial charge in [0.05, 0.1) is 6.04 Å². The molecule has 0 aliphatic rings. The topological polar surface area (TPSA) is 12.0 Å². The number of aryl methyl sites for hydroxylation is 3. The summed E-state index contributed by atoms with van der Waals surface area (Å²) in [6, 6.07) is 11.4. The van der Waals surface area contributed by atoms with E-state index in [2.05, 4.69) is 37.4 Å². The summed E-state index contributed by atoms with van der Waals surface area (Å²) in [5.41, 5.74) is 5.88. The lowest BCUT2D eigenvalue weighted by molar-refractivity contribution is 0.620. The first kappa shape index (κ1) is 13.8. The SMILES string of the molecule is CNC(c1ccc(F)cc1C)c1c(C)cccc1C. The van der Waals surface area contributed by atoms with Gasteiger partial charge in [-0.2, -0.15) is 0 Å². The Morgan fingerprint density at radius 3 is 2.11 bits per heavy atom. The second kappa shape index (κ2) is 5.54. The molecule has 1 nitrogen and oxygen atoms in total. The van der Waals surface area contributed by atoms with Crippen molar-refractivity contribution in [3.05, 3.63) is 70.0 Å². The second-order valence-corrected chi connectivity index (χ2v) is 5.03. The van der Waals surface area contributed by atoms with Crippen LogP contribution in [-0.2, 0) is 0 Å². The first-order chi connectivity index (χ1) is 9.04. The van der Waals surface area contributed by atoms with Gasteiger partial charge in [-0.1, -0.05) is 24.3 Å². The van der Waals surface area contributed by atoms with E-state index in [0.29, 0.717) is 0 Å². The third kappa shape index (κ3) is 2.69. The van der Waals surface area contributed by atoms with E-state index >= 15 is 0 Å². The Kier molecular flexibility index (Phi) is 4.01. The molecule has 100 valence electrons. The van der Waals surface area contributed by atoms with Gasteiger partial charge in [-0.3, -0.25) is 0 Å². The maximum atomic E-state index is 13.3. The van der Waals surface area contributed by atoms with Crippen LogP contribution >= 0.6 is 0 Å². The Labute approximate surface area is 114 Å². The van der Waals surface area contributed by atoms with Gasteiger partial charge < -0.3 is 5.32 Å². The van der Waals surface area contributed by atoms with E-state index in [1.54, 1.807) is 6.07 Å². The van der Waals surface area contributed by atoms with E-state index in [0.717, 1.165) is 11.1 Å². The minimum Gasteiger partial charge on any atom is -0.309 e. The summed E-state index contributed by atoms with van der Waals surface area (Å²) in [5.74, 6) is -0.183.